The fourth-order valence-electron chi connectivity index (χ4n) is 2.61. The molecule has 0 amide bonds. The van der Waals surface area contributed by atoms with Crippen LogP contribution in [-0.4, -0.2) is 0 Å². The summed E-state index contributed by atoms with van der Waals surface area (Å²) in [5, 5.41) is 9.27. The van der Waals surface area contributed by atoms with Gasteiger partial charge in [0.2, 0.25) is 0 Å². The molecule has 0 saturated heterocycles. The zero-order valence-electron chi connectivity index (χ0n) is 11.5. The van der Waals surface area contributed by atoms with Crippen molar-refractivity contribution < 1.29 is 0 Å². The summed E-state index contributed by atoms with van der Waals surface area (Å²) in [6, 6.07) is 2.35. The molecule has 3 rings (SSSR count). The number of rotatable bonds is 0. The zero-order chi connectivity index (χ0) is 13.9. The predicted octanol–water partition coefficient (Wildman–Crippen LogP) is 3.54. The molecule has 0 aromatic heterocycles. The minimum Gasteiger partial charge on any atom is -0.198 e. The van der Waals surface area contributed by atoms with Gasteiger partial charge in [-0.15, -0.1) is 0 Å². The van der Waals surface area contributed by atoms with Crippen molar-refractivity contribution in [3.8, 4) is 29.8 Å². The van der Waals surface area contributed by atoms with Crippen molar-refractivity contribution in [3.63, 3.8) is 0 Å². The van der Waals surface area contributed by atoms with Gasteiger partial charge < -0.3 is 0 Å². The molecule has 20 heavy (non-hydrogen) atoms. The van der Waals surface area contributed by atoms with Gasteiger partial charge >= 0.3 is 0 Å². The van der Waals surface area contributed by atoms with E-state index >= 15 is 0 Å². The molecule has 3 atom stereocenters. The summed E-state index contributed by atoms with van der Waals surface area (Å²) in [7, 11) is 0. The molecule has 0 aromatic rings. The lowest BCUT2D eigenvalue weighted by Crippen LogP contribution is -2.04. The van der Waals surface area contributed by atoms with Gasteiger partial charge in [0, 0.05) is 29.4 Å². The van der Waals surface area contributed by atoms with Crippen LogP contribution in [0.1, 0.15) is 19.8 Å². The van der Waals surface area contributed by atoms with Crippen LogP contribution in [0.2, 0.25) is 0 Å². The van der Waals surface area contributed by atoms with Crippen LogP contribution < -0.4 is 0 Å². The van der Waals surface area contributed by atoms with Crippen LogP contribution in [0.25, 0.3) is 0 Å². The highest BCUT2D eigenvalue weighted by atomic mass is 14.3. The largest absolute Gasteiger partial charge is 0.198 e. The summed E-state index contributed by atoms with van der Waals surface area (Å²) in [4.78, 5) is 0. The number of hydrogen-bond donors (Lipinski definition) is 0. The summed E-state index contributed by atoms with van der Waals surface area (Å²) >= 11 is 0. The van der Waals surface area contributed by atoms with Crippen molar-refractivity contribution in [1.29, 1.82) is 5.26 Å². The third-order valence-electron chi connectivity index (χ3n) is 3.76. The Morgan fingerprint density at radius 3 is 2.80 bits per heavy atom. The van der Waals surface area contributed by atoms with Crippen LogP contribution in [0.3, 0.4) is 0 Å². The second kappa shape index (κ2) is 5.28. The summed E-state index contributed by atoms with van der Waals surface area (Å²) < 4.78 is 0. The van der Waals surface area contributed by atoms with E-state index in [9.17, 15) is 5.26 Å². The van der Waals surface area contributed by atoms with E-state index in [1.54, 1.807) is 0 Å². The van der Waals surface area contributed by atoms with Gasteiger partial charge in [-0.2, -0.15) is 5.26 Å². The smallest absolute Gasteiger partial charge is 0.0701 e. The van der Waals surface area contributed by atoms with Crippen LogP contribution in [-0.2, 0) is 0 Å². The van der Waals surface area contributed by atoms with Crippen LogP contribution in [0.15, 0.2) is 47.1 Å². The lowest BCUT2D eigenvalue weighted by atomic mass is 9.90. The molecule has 0 fully saturated rings. The first-order chi connectivity index (χ1) is 9.74. The van der Waals surface area contributed by atoms with Gasteiger partial charge in [-0.05, 0) is 19.4 Å². The van der Waals surface area contributed by atoms with Gasteiger partial charge in [0.1, 0.15) is 0 Å². The molecular weight excluding hydrogens is 242 g/mol. The highest BCUT2D eigenvalue weighted by Gasteiger charge is 2.17. The average Bonchev–Trinajstić information content (AvgIpc) is 2.45. The third kappa shape index (κ3) is 2.61. The number of nitrogens with zero attached hydrogens (tertiary/aromatic N) is 1. The SMILES string of the molecule is CC1=C/C2=C3/C#CC(/C=C\C(C#N)C3)CC(C#C2)C=C1. The fourth-order valence-corrected chi connectivity index (χ4v) is 2.61. The van der Waals surface area contributed by atoms with Crippen molar-refractivity contribution in [2.24, 2.45) is 17.8 Å². The molecule has 0 aliphatic heterocycles. The van der Waals surface area contributed by atoms with Gasteiger partial charge in [-0.25, -0.2) is 0 Å². The summed E-state index contributed by atoms with van der Waals surface area (Å²) in [5.41, 5.74) is 3.19. The maximum Gasteiger partial charge on any atom is 0.0701 e. The van der Waals surface area contributed by atoms with Crippen molar-refractivity contribution in [3.05, 3.63) is 47.1 Å². The molecule has 0 saturated carbocycles. The molecule has 1 nitrogen and oxygen atoms in total. The maximum atomic E-state index is 9.27. The number of hydrogen-bond acceptors (Lipinski definition) is 1. The van der Waals surface area contributed by atoms with Gasteiger partial charge in [-0.1, -0.05) is 53.6 Å². The van der Waals surface area contributed by atoms with E-state index in [1.807, 2.05) is 6.08 Å². The Balaban J connectivity index is 2.20. The monoisotopic (exact) mass is 257 g/mol. The molecule has 3 aliphatic rings. The Kier molecular flexibility index (Phi) is 3.33. The molecule has 1 heteroatoms. The van der Waals surface area contributed by atoms with Crippen molar-refractivity contribution in [1.82, 2.24) is 0 Å². The summed E-state index contributed by atoms with van der Waals surface area (Å²) in [6.07, 6.45) is 12.1. The number of fused-ring (bicyclic) bond motifs is 4. The number of allylic oxidation sites excluding steroid dienone is 8. The molecular formula is C19H15N. The predicted molar refractivity (Wildman–Crippen MR) is 79.9 cm³/mol. The molecule has 4 bridgehead atoms. The normalized spacial score (nSPS) is 35.2. The van der Waals surface area contributed by atoms with E-state index < -0.39 is 0 Å². The highest BCUT2D eigenvalue weighted by Crippen LogP contribution is 2.26. The molecule has 0 N–H and O–H groups in total. The second-order valence-corrected chi connectivity index (χ2v) is 5.45. The Labute approximate surface area is 120 Å². The Morgan fingerprint density at radius 2 is 1.95 bits per heavy atom. The van der Waals surface area contributed by atoms with Gasteiger partial charge in [0.05, 0.1) is 12.0 Å². The van der Waals surface area contributed by atoms with Crippen molar-refractivity contribution in [2.45, 2.75) is 19.8 Å². The second-order valence-electron chi connectivity index (χ2n) is 5.45. The zero-order valence-corrected chi connectivity index (χ0v) is 11.5. The third-order valence-corrected chi connectivity index (χ3v) is 3.76. The van der Waals surface area contributed by atoms with Gasteiger partial charge in [0.25, 0.3) is 0 Å². The maximum absolute atomic E-state index is 9.27. The molecule has 96 valence electrons. The molecule has 3 aliphatic carbocycles. The van der Waals surface area contributed by atoms with E-state index in [-0.39, 0.29) is 17.8 Å². The minimum absolute atomic E-state index is 0.0992. The molecule has 3 unspecified atom stereocenters. The first-order valence-electron chi connectivity index (χ1n) is 6.95. The summed E-state index contributed by atoms with van der Waals surface area (Å²) in [6.45, 7) is 2.08. The lowest BCUT2D eigenvalue weighted by Gasteiger charge is -2.12. The standard InChI is InChI=1S/C19H15N/c1-14-2-3-15-6-8-18(10-14)19-9-7-16(11-15)4-5-17(12-19)13-20/h2-5,10,15-17H,11-12H2,1H3/b3-2?,5-4-,14-10?,19-18-. The Morgan fingerprint density at radius 1 is 1.15 bits per heavy atom. The van der Waals surface area contributed by atoms with Gasteiger partial charge in [-0.3, -0.25) is 0 Å². The van der Waals surface area contributed by atoms with Crippen LogP contribution in [0, 0.1) is 52.8 Å². The Bertz CT molecular complexity index is 714. The van der Waals surface area contributed by atoms with Crippen LogP contribution in [0.4, 0.5) is 0 Å². The molecule has 0 radical (unpaired) electrons. The average molecular weight is 257 g/mol. The first-order valence-corrected chi connectivity index (χ1v) is 6.95. The first kappa shape index (κ1) is 12.6. The summed E-state index contributed by atoms with van der Waals surface area (Å²) in [5.74, 6) is 13.6. The van der Waals surface area contributed by atoms with Crippen LogP contribution >= 0.6 is 0 Å². The molecule has 0 spiro atoms. The van der Waals surface area contributed by atoms with E-state index in [1.165, 1.54) is 5.57 Å². The fraction of sp³-hybridized carbons (Fsp3) is 0.316. The van der Waals surface area contributed by atoms with Gasteiger partial charge in [0.15, 0.2) is 0 Å². The van der Waals surface area contributed by atoms with E-state index in [4.69, 9.17) is 0 Å². The van der Waals surface area contributed by atoms with Crippen LogP contribution in [0.5, 0.6) is 0 Å². The van der Waals surface area contributed by atoms with E-state index in [2.05, 4.69) is 61.0 Å². The lowest BCUT2D eigenvalue weighted by molar-refractivity contribution is 0.648. The van der Waals surface area contributed by atoms with Crippen molar-refractivity contribution in [2.75, 3.05) is 0 Å². The molecule has 0 heterocycles. The number of nitriles is 1. The Hall–Kier alpha value is -2.43. The molecule has 0 aromatic carbocycles. The minimum atomic E-state index is -0.0992. The van der Waals surface area contributed by atoms with E-state index in [0.717, 1.165) is 17.6 Å². The van der Waals surface area contributed by atoms with Crippen molar-refractivity contribution >= 4 is 0 Å². The quantitative estimate of drug-likeness (QED) is 0.481. The highest BCUT2D eigenvalue weighted by molar-refractivity contribution is 5.54. The van der Waals surface area contributed by atoms with E-state index in [0.29, 0.717) is 6.42 Å². The topological polar surface area (TPSA) is 23.8 Å².